The van der Waals surface area contributed by atoms with E-state index in [-0.39, 0.29) is 5.92 Å². The van der Waals surface area contributed by atoms with Crippen molar-refractivity contribution in [2.75, 3.05) is 32.8 Å². The van der Waals surface area contributed by atoms with Crippen LogP contribution in [0.2, 0.25) is 0 Å². The Morgan fingerprint density at radius 1 is 1.43 bits per heavy atom. The van der Waals surface area contributed by atoms with Gasteiger partial charge in [-0.15, -0.1) is 0 Å². The smallest absolute Gasteiger partial charge is 0.404 e. The quantitative estimate of drug-likeness (QED) is 0.547. The molecule has 126 valence electrons. The molecule has 9 nitrogen and oxygen atoms in total. The van der Waals surface area contributed by atoms with Crippen molar-refractivity contribution in [2.45, 2.75) is 6.10 Å². The summed E-state index contributed by atoms with van der Waals surface area (Å²) in [4.78, 5) is 24.3. The number of aliphatic hydroxyl groups excluding tert-OH is 1. The summed E-state index contributed by atoms with van der Waals surface area (Å²) >= 11 is 0. The fourth-order valence-electron chi connectivity index (χ4n) is 2.16. The monoisotopic (exact) mass is 325 g/mol. The Morgan fingerprint density at radius 2 is 2.22 bits per heavy atom. The van der Waals surface area contributed by atoms with Crippen molar-refractivity contribution in [3.8, 4) is 11.6 Å². The van der Waals surface area contributed by atoms with E-state index in [0.717, 1.165) is 6.29 Å². The van der Waals surface area contributed by atoms with Gasteiger partial charge in [0.15, 0.2) is 12.0 Å². The third-order valence-corrected chi connectivity index (χ3v) is 3.37. The molecular formula is C14H19N3O6. The predicted molar refractivity (Wildman–Crippen MR) is 79.0 cm³/mol. The molecule has 1 aromatic rings. The summed E-state index contributed by atoms with van der Waals surface area (Å²) < 4.78 is 10.4. The summed E-state index contributed by atoms with van der Waals surface area (Å²) in [5.74, 6) is 1.03. The second kappa shape index (κ2) is 8.30. The summed E-state index contributed by atoms with van der Waals surface area (Å²) in [5, 5.41) is 22.7. The van der Waals surface area contributed by atoms with Gasteiger partial charge in [0.05, 0.1) is 6.10 Å². The van der Waals surface area contributed by atoms with Crippen LogP contribution in [0.25, 0.3) is 0 Å². The number of carbonyl (C=O) groups is 2. The molecule has 3 rings (SSSR count). The molecule has 0 aliphatic carbocycles. The first-order valence-electron chi connectivity index (χ1n) is 7.16. The number of nitrogens with one attached hydrogen (secondary N) is 2. The van der Waals surface area contributed by atoms with Crippen molar-refractivity contribution in [2.24, 2.45) is 5.92 Å². The number of carboxylic acid groups (broad SMARTS) is 1. The molecule has 2 aliphatic heterocycles. The second-order valence-corrected chi connectivity index (χ2v) is 5.06. The summed E-state index contributed by atoms with van der Waals surface area (Å²) in [6.07, 6.45) is 0.733. The highest BCUT2D eigenvalue weighted by molar-refractivity contribution is 5.75. The molecule has 1 aromatic heterocycles. The molecule has 1 amide bonds. The average molecular weight is 325 g/mol. The molecule has 2 aliphatic rings. The minimum absolute atomic E-state index is 0.0195. The molecule has 0 bridgehead atoms. The van der Waals surface area contributed by atoms with Crippen LogP contribution in [0.4, 0.5) is 4.79 Å². The third kappa shape index (κ3) is 5.08. The SMILES string of the molecule is O=C(O)NC[C@H]1CNC[C@H]1O.O=Cc1cnc2c(c1)OCCO2. The summed E-state index contributed by atoms with van der Waals surface area (Å²) in [5.41, 5.74) is 0.499. The maximum Gasteiger partial charge on any atom is 0.404 e. The van der Waals surface area contributed by atoms with Gasteiger partial charge in [0, 0.05) is 37.3 Å². The predicted octanol–water partition coefficient (Wildman–Crippen LogP) is -0.500. The Bertz CT molecular complexity index is 553. The maximum absolute atomic E-state index is 10.4. The number of fused-ring (bicyclic) bond motifs is 1. The van der Waals surface area contributed by atoms with Gasteiger partial charge in [-0.1, -0.05) is 0 Å². The molecule has 9 heteroatoms. The van der Waals surface area contributed by atoms with Gasteiger partial charge in [-0.25, -0.2) is 9.78 Å². The minimum atomic E-state index is -1.04. The van der Waals surface area contributed by atoms with Crippen LogP contribution >= 0.6 is 0 Å². The van der Waals surface area contributed by atoms with Crippen molar-refractivity contribution in [1.29, 1.82) is 0 Å². The highest BCUT2D eigenvalue weighted by Crippen LogP contribution is 2.27. The van der Waals surface area contributed by atoms with E-state index in [9.17, 15) is 14.7 Å². The van der Waals surface area contributed by atoms with Crippen molar-refractivity contribution in [3.63, 3.8) is 0 Å². The van der Waals surface area contributed by atoms with Crippen LogP contribution in [0.3, 0.4) is 0 Å². The highest BCUT2D eigenvalue weighted by atomic mass is 16.6. The Balaban J connectivity index is 0.000000168. The average Bonchev–Trinajstić information content (AvgIpc) is 2.98. The fraction of sp³-hybridized carbons (Fsp3) is 0.500. The van der Waals surface area contributed by atoms with E-state index in [1.165, 1.54) is 6.20 Å². The van der Waals surface area contributed by atoms with Crippen molar-refractivity contribution in [1.82, 2.24) is 15.6 Å². The number of β-amino-alcohol motifs (C(OH)–C–C–N with tert-alkyl or cyclic N) is 1. The number of nitrogens with zero attached hydrogens (tertiary/aromatic N) is 1. The van der Waals surface area contributed by atoms with E-state index >= 15 is 0 Å². The summed E-state index contributed by atoms with van der Waals surface area (Å²) in [6.45, 7) is 2.59. The maximum atomic E-state index is 10.4. The van der Waals surface area contributed by atoms with Gasteiger partial charge in [0.25, 0.3) is 5.88 Å². The molecule has 1 saturated heterocycles. The number of carbonyl (C=O) groups excluding carboxylic acids is 1. The number of pyridine rings is 1. The van der Waals surface area contributed by atoms with Gasteiger partial charge in [-0.2, -0.15) is 0 Å². The normalized spacial score (nSPS) is 21.8. The zero-order valence-corrected chi connectivity index (χ0v) is 12.4. The first kappa shape index (κ1) is 17.0. The van der Waals surface area contributed by atoms with Gasteiger partial charge in [0.2, 0.25) is 0 Å². The van der Waals surface area contributed by atoms with E-state index in [1.54, 1.807) is 6.07 Å². The lowest BCUT2D eigenvalue weighted by Crippen LogP contribution is -2.33. The Kier molecular flexibility index (Phi) is 6.12. The molecular weight excluding hydrogens is 306 g/mol. The molecule has 4 N–H and O–H groups in total. The van der Waals surface area contributed by atoms with Gasteiger partial charge in [0.1, 0.15) is 13.2 Å². The lowest BCUT2D eigenvalue weighted by molar-refractivity contribution is 0.112. The molecule has 2 atom stereocenters. The zero-order chi connectivity index (χ0) is 16.7. The number of hydrogen-bond donors (Lipinski definition) is 4. The van der Waals surface area contributed by atoms with Gasteiger partial charge < -0.3 is 30.3 Å². The third-order valence-electron chi connectivity index (χ3n) is 3.37. The topological polar surface area (TPSA) is 130 Å². The van der Waals surface area contributed by atoms with Crippen LogP contribution in [0.15, 0.2) is 12.3 Å². The van der Waals surface area contributed by atoms with Crippen molar-refractivity contribution < 1.29 is 29.3 Å². The van der Waals surface area contributed by atoms with E-state index < -0.39 is 12.2 Å². The number of aromatic nitrogens is 1. The van der Waals surface area contributed by atoms with Crippen molar-refractivity contribution in [3.05, 3.63) is 17.8 Å². The molecule has 0 radical (unpaired) electrons. The lowest BCUT2D eigenvalue weighted by atomic mass is 10.1. The van der Waals surface area contributed by atoms with E-state index in [4.69, 9.17) is 14.6 Å². The Morgan fingerprint density at radius 3 is 2.87 bits per heavy atom. The lowest BCUT2D eigenvalue weighted by Gasteiger charge is -2.16. The van der Waals surface area contributed by atoms with Gasteiger partial charge in [-0.3, -0.25) is 4.79 Å². The number of hydrogen-bond acceptors (Lipinski definition) is 7. The second-order valence-electron chi connectivity index (χ2n) is 5.06. The summed E-state index contributed by atoms with van der Waals surface area (Å²) in [6, 6.07) is 1.62. The number of amides is 1. The van der Waals surface area contributed by atoms with Crippen LogP contribution in [0.5, 0.6) is 11.6 Å². The van der Waals surface area contributed by atoms with Crippen molar-refractivity contribution >= 4 is 12.4 Å². The van der Waals surface area contributed by atoms with E-state index in [0.29, 0.717) is 50.0 Å². The van der Waals surface area contributed by atoms with Crippen LogP contribution in [-0.2, 0) is 0 Å². The highest BCUT2D eigenvalue weighted by Gasteiger charge is 2.24. The summed E-state index contributed by atoms with van der Waals surface area (Å²) in [7, 11) is 0. The first-order chi connectivity index (χ1) is 11.1. The van der Waals surface area contributed by atoms with Gasteiger partial charge in [-0.05, 0) is 6.07 Å². The molecule has 0 aromatic carbocycles. The largest absolute Gasteiger partial charge is 0.484 e. The fourth-order valence-corrected chi connectivity index (χ4v) is 2.16. The van der Waals surface area contributed by atoms with Crippen LogP contribution in [0, 0.1) is 5.92 Å². The molecule has 23 heavy (non-hydrogen) atoms. The molecule has 1 fully saturated rings. The molecule has 0 saturated carbocycles. The zero-order valence-electron chi connectivity index (χ0n) is 12.4. The number of rotatable bonds is 3. The number of ether oxygens (including phenoxy) is 2. The standard InChI is InChI=1S/C8H7NO3.C6H12N2O3/c10-5-6-3-7-8(9-4-6)12-2-1-11-7;9-5-3-7-1-4(5)2-8-6(10)11/h3-5H,1-2H2;4-5,7-9H,1-3H2,(H,10,11)/t;4-,5-/m.1/s1. The van der Waals surface area contributed by atoms with Crippen LogP contribution in [0.1, 0.15) is 10.4 Å². The molecule has 3 heterocycles. The van der Waals surface area contributed by atoms with Gasteiger partial charge >= 0.3 is 6.09 Å². The van der Waals surface area contributed by atoms with E-state index in [2.05, 4.69) is 15.6 Å². The minimum Gasteiger partial charge on any atom is -0.484 e. The van der Waals surface area contributed by atoms with E-state index in [1.807, 2.05) is 0 Å². The van der Waals surface area contributed by atoms with Crippen LogP contribution < -0.4 is 20.1 Å². The first-order valence-corrected chi connectivity index (χ1v) is 7.16. The molecule has 0 spiro atoms. The Labute approximate surface area is 132 Å². The van der Waals surface area contributed by atoms with Crippen LogP contribution in [-0.4, -0.2) is 66.5 Å². The number of aliphatic hydroxyl groups is 1. The molecule has 0 unspecified atom stereocenters. The Hall–Kier alpha value is -2.39. The number of aldehydes is 1.